The molecule has 1 atom stereocenters. The monoisotopic (exact) mass is 404 g/mol. The first kappa shape index (κ1) is 22.9. The maximum absolute atomic E-state index is 12.4. The molecule has 0 saturated carbocycles. The number of cyclic esters (lactones) is 1. The van der Waals surface area contributed by atoms with E-state index in [1.807, 2.05) is 31.2 Å². The predicted octanol–water partition coefficient (Wildman–Crippen LogP) is 6.51. The number of rotatable bonds is 6. The van der Waals surface area contributed by atoms with Crippen molar-refractivity contribution in [3.8, 4) is 5.75 Å². The molecule has 0 saturated heterocycles. The van der Waals surface area contributed by atoms with Crippen molar-refractivity contribution in [3.05, 3.63) is 64.7 Å². The second kappa shape index (κ2) is 10.4. The topological polar surface area (TPSA) is 35.5 Å². The molecule has 1 aliphatic heterocycles. The molecule has 0 aromatic heterocycles. The Labute approximate surface area is 172 Å². The van der Waals surface area contributed by atoms with Crippen LogP contribution in [0, 0.1) is 6.92 Å². The van der Waals surface area contributed by atoms with Gasteiger partial charge in [0.1, 0.15) is 11.9 Å². The first-order valence-electron chi connectivity index (χ1n) is 10.2. The highest BCUT2D eigenvalue weighted by molar-refractivity contribution is 5.92. The van der Waals surface area contributed by atoms with Crippen molar-refractivity contribution in [1.82, 2.24) is 0 Å². The molecule has 3 nitrogen and oxygen atoms in total. The van der Waals surface area contributed by atoms with Crippen molar-refractivity contribution in [3.63, 3.8) is 0 Å². The number of aryl methyl sites for hydroxylation is 2. The molecule has 3 rings (SSSR count). The number of halogens is 2. The summed E-state index contributed by atoms with van der Waals surface area (Å²) in [5.41, 5.74) is 4.14. The second-order valence-electron chi connectivity index (χ2n) is 7.48. The van der Waals surface area contributed by atoms with E-state index in [-0.39, 0.29) is 17.8 Å². The van der Waals surface area contributed by atoms with Gasteiger partial charge in [0.05, 0.1) is 5.56 Å². The van der Waals surface area contributed by atoms with Crippen LogP contribution in [-0.4, -0.2) is 18.2 Å². The third-order valence-corrected chi connectivity index (χ3v) is 4.58. The zero-order valence-electron chi connectivity index (χ0n) is 17.6. The smallest absolute Gasteiger partial charge is 0.394 e. The minimum atomic E-state index is -3.10. The van der Waals surface area contributed by atoms with Gasteiger partial charge in [-0.05, 0) is 49.1 Å². The Morgan fingerprint density at radius 3 is 2.38 bits per heavy atom. The Bertz CT molecular complexity index is 795. The Balaban J connectivity index is 0.000000208. The number of carbonyl (C=O) groups is 1. The number of alkyl halides is 2. The number of hydrogen-bond donors (Lipinski definition) is 0. The standard InChI is InChI=1S/C13H16O2.C11H14F2O/c1-3-4-11-8-10-6-5-9(2)7-12(10)13(14)15-11;1-3-4-9-5-7-10(8-6-9)14-11(2,12)13/h5-7,11H,3-4,8H2,1-2H3;5-8H,3-4H2,1-2H3. The van der Waals surface area contributed by atoms with Crippen LogP contribution in [0.4, 0.5) is 8.78 Å². The number of carbonyl (C=O) groups excluding carboxylic acids is 1. The van der Waals surface area contributed by atoms with Crippen molar-refractivity contribution in [2.45, 2.75) is 72.0 Å². The molecule has 0 amide bonds. The van der Waals surface area contributed by atoms with E-state index < -0.39 is 6.11 Å². The normalized spacial score (nSPS) is 15.7. The minimum Gasteiger partial charge on any atom is -0.458 e. The van der Waals surface area contributed by atoms with Gasteiger partial charge in [-0.2, -0.15) is 8.78 Å². The lowest BCUT2D eigenvalue weighted by Gasteiger charge is -2.24. The fourth-order valence-electron chi connectivity index (χ4n) is 3.26. The Morgan fingerprint density at radius 1 is 1.10 bits per heavy atom. The quantitative estimate of drug-likeness (QED) is 0.515. The zero-order chi connectivity index (χ0) is 21.4. The zero-order valence-corrected chi connectivity index (χ0v) is 17.6. The van der Waals surface area contributed by atoms with Crippen LogP contribution in [0.15, 0.2) is 42.5 Å². The van der Waals surface area contributed by atoms with Crippen LogP contribution in [0.25, 0.3) is 0 Å². The first-order chi connectivity index (χ1) is 13.7. The van der Waals surface area contributed by atoms with Gasteiger partial charge in [-0.25, -0.2) is 4.79 Å². The SMILES string of the molecule is CCCC1Cc2ccc(C)cc2C(=O)O1.CCCc1ccc(OC(C)(F)F)cc1. The molecule has 0 fully saturated rings. The van der Waals surface area contributed by atoms with Gasteiger partial charge in [0.15, 0.2) is 0 Å². The molecule has 29 heavy (non-hydrogen) atoms. The van der Waals surface area contributed by atoms with Crippen LogP contribution < -0.4 is 4.74 Å². The van der Waals surface area contributed by atoms with Gasteiger partial charge in [-0.3, -0.25) is 0 Å². The second-order valence-corrected chi connectivity index (χ2v) is 7.48. The average Bonchev–Trinajstić information content (AvgIpc) is 2.64. The summed E-state index contributed by atoms with van der Waals surface area (Å²) in [6, 6.07) is 12.8. The molecule has 0 spiro atoms. The van der Waals surface area contributed by atoms with Gasteiger partial charge in [-0.1, -0.05) is 56.5 Å². The number of benzene rings is 2. The lowest BCUT2D eigenvalue weighted by molar-refractivity contribution is -0.158. The van der Waals surface area contributed by atoms with Crippen LogP contribution in [0.3, 0.4) is 0 Å². The molecule has 5 heteroatoms. The van der Waals surface area contributed by atoms with Crippen molar-refractivity contribution >= 4 is 5.97 Å². The van der Waals surface area contributed by atoms with E-state index in [1.54, 1.807) is 12.1 Å². The molecular formula is C24H30F2O3. The Hall–Kier alpha value is -2.43. The van der Waals surface area contributed by atoms with Gasteiger partial charge < -0.3 is 9.47 Å². The highest BCUT2D eigenvalue weighted by atomic mass is 19.3. The third kappa shape index (κ3) is 7.48. The maximum Gasteiger partial charge on any atom is 0.394 e. The number of ether oxygens (including phenoxy) is 2. The van der Waals surface area contributed by atoms with Gasteiger partial charge in [0.25, 0.3) is 0 Å². The van der Waals surface area contributed by atoms with Crippen molar-refractivity contribution in [2.24, 2.45) is 0 Å². The molecule has 1 heterocycles. The largest absolute Gasteiger partial charge is 0.458 e. The van der Waals surface area contributed by atoms with Crippen LogP contribution in [-0.2, 0) is 17.6 Å². The summed E-state index contributed by atoms with van der Waals surface area (Å²) >= 11 is 0. The lowest BCUT2D eigenvalue weighted by Crippen LogP contribution is -2.27. The highest BCUT2D eigenvalue weighted by Gasteiger charge is 2.25. The molecule has 158 valence electrons. The van der Waals surface area contributed by atoms with Crippen LogP contribution in [0.5, 0.6) is 5.75 Å². The van der Waals surface area contributed by atoms with Crippen molar-refractivity contribution in [2.75, 3.05) is 0 Å². The molecule has 2 aromatic carbocycles. The summed E-state index contributed by atoms with van der Waals surface area (Å²) < 4.78 is 34.6. The van der Waals surface area contributed by atoms with Crippen molar-refractivity contribution < 1.29 is 23.0 Å². The van der Waals surface area contributed by atoms with Gasteiger partial charge >= 0.3 is 12.1 Å². The molecule has 0 radical (unpaired) electrons. The number of fused-ring (bicyclic) bond motifs is 1. The Kier molecular flexibility index (Phi) is 8.18. The Morgan fingerprint density at radius 2 is 1.79 bits per heavy atom. The van der Waals surface area contributed by atoms with E-state index in [0.29, 0.717) is 0 Å². The predicted molar refractivity (Wildman–Crippen MR) is 111 cm³/mol. The van der Waals surface area contributed by atoms with Gasteiger partial charge in [-0.15, -0.1) is 0 Å². The van der Waals surface area contributed by atoms with E-state index in [2.05, 4.69) is 24.7 Å². The van der Waals surface area contributed by atoms with E-state index in [1.165, 1.54) is 0 Å². The van der Waals surface area contributed by atoms with Crippen molar-refractivity contribution in [1.29, 1.82) is 0 Å². The fraction of sp³-hybridized carbons (Fsp3) is 0.458. The summed E-state index contributed by atoms with van der Waals surface area (Å²) in [6.07, 6.45) is 1.87. The minimum absolute atomic E-state index is 0.0812. The van der Waals surface area contributed by atoms with Gasteiger partial charge in [0, 0.05) is 13.3 Å². The molecule has 2 aromatic rings. The van der Waals surface area contributed by atoms with E-state index in [4.69, 9.17) is 4.74 Å². The number of esters is 1. The molecule has 1 aliphatic rings. The lowest BCUT2D eigenvalue weighted by atomic mass is 9.95. The van der Waals surface area contributed by atoms with Gasteiger partial charge in [0.2, 0.25) is 0 Å². The van der Waals surface area contributed by atoms with E-state index >= 15 is 0 Å². The first-order valence-corrected chi connectivity index (χ1v) is 10.2. The summed E-state index contributed by atoms with van der Waals surface area (Å²) in [4.78, 5) is 11.7. The molecule has 0 N–H and O–H groups in total. The fourth-order valence-corrected chi connectivity index (χ4v) is 3.26. The van der Waals surface area contributed by atoms with Crippen LogP contribution in [0.2, 0.25) is 0 Å². The summed E-state index contributed by atoms with van der Waals surface area (Å²) in [5, 5.41) is 0. The molecule has 1 unspecified atom stereocenters. The molecular weight excluding hydrogens is 374 g/mol. The summed E-state index contributed by atoms with van der Waals surface area (Å²) in [5.74, 6) is 0.0516. The van der Waals surface area contributed by atoms with E-state index in [9.17, 15) is 13.6 Å². The average molecular weight is 404 g/mol. The van der Waals surface area contributed by atoms with Crippen LogP contribution >= 0.6 is 0 Å². The molecule has 0 aliphatic carbocycles. The third-order valence-electron chi connectivity index (χ3n) is 4.58. The molecule has 0 bridgehead atoms. The summed E-state index contributed by atoms with van der Waals surface area (Å²) in [6.45, 7) is 6.90. The van der Waals surface area contributed by atoms with E-state index in [0.717, 1.165) is 61.3 Å². The maximum atomic E-state index is 12.4. The highest BCUT2D eigenvalue weighted by Crippen LogP contribution is 2.24. The number of hydrogen-bond acceptors (Lipinski definition) is 3. The summed E-state index contributed by atoms with van der Waals surface area (Å²) in [7, 11) is 0. The van der Waals surface area contributed by atoms with Crippen LogP contribution in [0.1, 0.15) is 67.1 Å².